The lowest BCUT2D eigenvalue weighted by molar-refractivity contribution is -0.116. The van der Waals surface area contributed by atoms with E-state index in [9.17, 15) is 9.59 Å². The van der Waals surface area contributed by atoms with Gasteiger partial charge in [-0.3, -0.25) is 9.59 Å². The molecule has 0 aliphatic carbocycles. The molecular formula is C18H15NO2S. The first-order chi connectivity index (χ1) is 10.6. The number of hydrogen-bond donors (Lipinski definition) is 0. The SMILES string of the molecule is CN1C(=O)CSc2cc(C(=O)/C=C/c3ccccc3)ccc21. The van der Waals surface area contributed by atoms with E-state index in [0.29, 0.717) is 11.3 Å². The van der Waals surface area contributed by atoms with Crippen molar-refractivity contribution in [3.05, 3.63) is 65.7 Å². The fourth-order valence-corrected chi connectivity index (χ4v) is 3.30. The monoisotopic (exact) mass is 309 g/mol. The maximum absolute atomic E-state index is 12.3. The van der Waals surface area contributed by atoms with Gasteiger partial charge in [-0.15, -0.1) is 11.8 Å². The minimum Gasteiger partial charge on any atom is -0.314 e. The van der Waals surface area contributed by atoms with Gasteiger partial charge in [-0.1, -0.05) is 36.4 Å². The molecule has 0 radical (unpaired) electrons. The summed E-state index contributed by atoms with van der Waals surface area (Å²) in [4.78, 5) is 26.5. The Bertz CT molecular complexity index is 753. The van der Waals surface area contributed by atoms with Crippen LogP contribution in [0.2, 0.25) is 0 Å². The summed E-state index contributed by atoms with van der Waals surface area (Å²) >= 11 is 1.48. The minimum atomic E-state index is -0.0354. The Labute approximate surface area is 133 Å². The van der Waals surface area contributed by atoms with Gasteiger partial charge in [-0.05, 0) is 29.8 Å². The maximum Gasteiger partial charge on any atom is 0.237 e. The van der Waals surface area contributed by atoms with Crippen molar-refractivity contribution in [2.45, 2.75) is 4.90 Å². The largest absolute Gasteiger partial charge is 0.314 e. The second kappa shape index (κ2) is 6.20. The van der Waals surface area contributed by atoms with Gasteiger partial charge in [0.25, 0.3) is 0 Å². The molecule has 2 aromatic carbocycles. The highest BCUT2D eigenvalue weighted by Crippen LogP contribution is 2.35. The lowest BCUT2D eigenvalue weighted by atomic mass is 10.1. The fourth-order valence-electron chi connectivity index (χ4n) is 2.26. The van der Waals surface area contributed by atoms with Crippen LogP contribution < -0.4 is 4.90 Å². The Balaban J connectivity index is 1.82. The summed E-state index contributed by atoms with van der Waals surface area (Å²) in [5.41, 5.74) is 2.50. The summed E-state index contributed by atoms with van der Waals surface area (Å²) in [6.07, 6.45) is 3.39. The third kappa shape index (κ3) is 2.97. The van der Waals surface area contributed by atoms with Crippen LogP contribution in [-0.2, 0) is 4.79 Å². The number of thioether (sulfide) groups is 1. The van der Waals surface area contributed by atoms with E-state index in [1.54, 1.807) is 24.1 Å². The Hall–Kier alpha value is -2.33. The van der Waals surface area contributed by atoms with Crippen LogP contribution in [0, 0.1) is 0 Å². The van der Waals surface area contributed by atoms with Gasteiger partial charge in [-0.2, -0.15) is 0 Å². The Morgan fingerprint density at radius 2 is 1.95 bits per heavy atom. The van der Waals surface area contributed by atoms with Crippen molar-refractivity contribution in [1.82, 2.24) is 0 Å². The smallest absolute Gasteiger partial charge is 0.237 e. The number of ketones is 1. The van der Waals surface area contributed by atoms with Crippen molar-refractivity contribution < 1.29 is 9.59 Å². The van der Waals surface area contributed by atoms with Crippen molar-refractivity contribution in [3.63, 3.8) is 0 Å². The first-order valence-electron chi connectivity index (χ1n) is 6.96. The Kier molecular flexibility index (Phi) is 4.11. The number of carbonyl (C=O) groups excluding carboxylic acids is 2. The molecule has 3 nitrogen and oxygen atoms in total. The van der Waals surface area contributed by atoms with Crippen molar-refractivity contribution in [2.75, 3.05) is 17.7 Å². The second-order valence-corrected chi connectivity index (χ2v) is 6.05. The maximum atomic E-state index is 12.3. The molecule has 0 bridgehead atoms. The molecule has 2 aromatic rings. The highest BCUT2D eigenvalue weighted by Gasteiger charge is 2.22. The molecule has 0 aromatic heterocycles. The average molecular weight is 309 g/mol. The summed E-state index contributed by atoms with van der Waals surface area (Å²) in [6.45, 7) is 0. The van der Waals surface area contributed by atoms with E-state index < -0.39 is 0 Å². The van der Waals surface area contributed by atoms with E-state index in [4.69, 9.17) is 0 Å². The third-order valence-corrected chi connectivity index (χ3v) is 4.59. The molecule has 0 saturated carbocycles. The standard InChI is InChI=1S/C18H15NO2S/c1-19-15-9-8-14(11-17(15)22-12-18(19)21)16(20)10-7-13-5-3-2-4-6-13/h2-11H,12H2,1H3/b10-7+. The summed E-state index contributed by atoms with van der Waals surface area (Å²) in [5, 5.41) is 0. The zero-order valence-electron chi connectivity index (χ0n) is 12.2. The van der Waals surface area contributed by atoms with Crippen LogP contribution in [0.5, 0.6) is 0 Å². The van der Waals surface area contributed by atoms with Gasteiger partial charge < -0.3 is 4.90 Å². The Morgan fingerprint density at radius 1 is 1.18 bits per heavy atom. The van der Waals surface area contributed by atoms with E-state index in [0.717, 1.165) is 16.1 Å². The molecule has 0 N–H and O–H groups in total. The van der Waals surface area contributed by atoms with Gasteiger partial charge in [0, 0.05) is 17.5 Å². The molecule has 22 heavy (non-hydrogen) atoms. The van der Waals surface area contributed by atoms with Crippen LogP contribution in [-0.4, -0.2) is 24.5 Å². The Morgan fingerprint density at radius 3 is 2.73 bits per heavy atom. The van der Waals surface area contributed by atoms with E-state index in [1.807, 2.05) is 48.5 Å². The lowest BCUT2D eigenvalue weighted by Gasteiger charge is -2.25. The van der Waals surface area contributed by atoms with E-state index in [1.165, 1.54) is 11.8 Å². The molecule has 1 amide bonds. The van der Waals surface area contributed by atoms with Crippen molar-refractivity contribution in [1.29, 1.82) is 0 Å². The van der Waals surface area contributed by atoms with Crippen LogP contribution in [0.15, 0.2) is 59.5 Å². The van der Waals surface area contributed by atoms with Crippen LogP contribution in [0.1, 0.15) is 15.9 Å². The van der Waals surface area contributed by atoms with Gasteiger partial charge in [-0.25, -0.2) is 0 Å². The lowest BCUT2D eigenvalue weighted by Crippen LogP contribution is -2.31. The molecule has 1 aliphatic rings. The number of amides is 1. The van der Waals surface area contributed by atoms with Gasteiger partial charge in [0.15, 0.2) is 5.78 Å². The van der Waals surface area contributed by atoms with Crippen molar-refractivity contribution in [2.24, 2.45) is 0 Å². The molecule has 0 atom stereocenters. The third-order valence-electron chi connectivity index (χ3n) is 3.56. The number of fused-ring (bicyclic) bond motifs is 1. The molecule has 0 fully saturated rings. The zero-order chi connectivity index (χ0) is 15.5. The van der Waals surface area contributed by atoms with Crippen LogP contribution in [0.4, 0.5) is 5.69 Å². The number of nitrogens with zero attached hydrogens (tertiary/aromatic N) is 1. The number of rotatable bonds is 3. The number of hydrogen-bond acceptors (Lipinski definition) is 3. The second-order valence-electron chi connectivity index (χ2n) is 5.03. The van der Waals surface area contributed by atoms with E-state index >= 15 is 0 Å². The predicted molar refractivity (Wildman–Crippen MR) is 90.4 cm³/mol. The highest BCUT2D eigenvalue weighted by atomic mass is 32.2. The van der Waals surface area contributed by atoms with Gasteiger partial charge >= 0.3 is 0 Å². The number of anilines is 1. The topological polar surface area (TPSA) is 37.4 Å². The van der Waals surface area contributed by atoms with Crippen LogP contribution >= 0.6 is 11.8 Å². The van der Waals surface area contributed by atoms with Crippen LogP contribution in [0.25, 0.3) is 6.08 Å². The number of allylic oxidation sites excluding steroid dienone is 1. The summed E-state index contributed by atoms with van der Waals surface area (Å²) in [6, 6.07) is 15.2. The zero-order valence-corrected chi connectivity index (χ0v) is 13.0. The number of carbonyl (C=O) groups is 2. The first kappa shape index (κ1) is 14.6. The fraction of sp³-hybridized carbons (Fsp3) is 0.111. The number of benzene rings is 2. The van der Waals surface area contributed by atoms with Crippen LogP contribution in [0.3, 0.4) is 0 Å². The quantitative estimate of drug-likeness (QED) is 0.641. The molecule has 3 rings (SSSR count). The molecule has 1 aliphatic heterocycles. The van der Waals surface area contributed by atoms with Crippen molar-refractivity contribution in [3.8, 4) is 0 Å². The van der Waals surface area contributed by atoms with E-state index in [2.05, 4.69) is 0 Å². The summed E-state index contributed by atoms with van der Waals surface area (Å²) in [5.74, 6) is 0.466. The van der Waals surface area contributed by atoms with Crippen molar-refractivity contribution >= 4 is 35.2 Å². The molecule has 110 valence electrons. The first-order valence-corrected chi connectivity index (χ1v) is 7.94. The minimum absolute atomic E-state index is 0.0354. The summed E-state index contributed by atoms with van der Waals surface area (Å²) < 4.78 is 0. The highest BCUT2D eigenvalue weighted by molar-refractivity contribution is 8.00. The molecule has 4 heteroatoms. The average Bonchev–Trinajstić information content (AvgIpc) is 2.56. The molecule has 0 saturated heterocycles. The molecular weight excluding hydrogens is 294 g/mol. The van der Waals surface area contributed by atoms with Gasteiger partial charge in [0.1, 0.15) is 0 Å². The molecule has 1 heterocycles. The molecule has 0 spiro atoms. The normalized spacial score (nSPS) is 14.2. The predicted octanol–water partition coefficient (Wildman–Crippen LogP) is 3.65. The van der Waals surface area contributed by atoms with Gasteiger partial charge in [0.2, 0.25) is 5.91 Å². The van der Waals surface area contributed by atoms with E-state index in [-0.39, 0.29) is 11.7 Å². The van der Waals surface area contributed by atoms with Gasteiger partial charge in [0.05, 0.1) is 11.4 Å². The molecule has 0 unspecified atom stereocenters. The summed E-state index contributed by atoms with van der Waals surface area (Å²) in [7, 11) is 1.76.